The molecule has 0 aromatic heterocycles. The summed E-state index contributed by atoms with van der Waals surface area (Å²) < 4.78 is 11.6. The molecule has 0 saturated carbocycles. The van der Waals surface area contributed by atoms with Crippen molar-refractivity contribution in [3.8, 4) is 17.6 Å². The van der Waals surface area contributed by atoms with Gasteiger partial charge in [0.25, 0.3) is 5.91 Å². The molecule has 2 aliphatic rings. The van der Waals surface area contributed by atoms with Gasteiger partial charge in [0, 0.05) is 19.3 Å². The van der Waals surface area contributed by atoms with Crippen molar-refractivity contribution >= 4 is 5.91 Å². The van der Waals surface area contributed by atoms with Crippen molar-refractivity contribution in [1.82, 2.24) is 10.2 Å². The molecule has 1 fully saturated rings. The van der Waals surface area contributed by atoms with Gasteiger partial charge in [-0.25, -0.2) is 0 Å². The number of nitrogens with zero attached hydrogens (tertiary/aromatic N) is 2. The van der Waals surface area contributed by atoms with Crippen LogP contribution in [-0.4, -0.2) is 43.2 Å². The first-order valence-electron chi connectivity index (χ1n) is 10.8. The Labute approximate surface area is 183 Å². The smallest absolute Gasteiger partial charge is 0.265 e. The lowest BCUT2D eigenvalue weighted by atomic mass is 9.90. The van der Waals surface area contributed by atoms with Crippen LogP contribution < -0.4 is 14.8 Å². The predicted octanol–water partition coefficient (Wildman–Crippen LogP) is 3.30. The van der Waals surface area contributed by atoms with Gasteiger partial charge in [0.1, 0.15) is 24.4 Å². The Kier molecular flexibility index (Phi) is 6.73. The molecule has 31 heavy (non-hydrogen) atoms. The Morgan fingerprint density at radius 3 is 2.55 bits per heavy atom. The zero-order valence-corrected chi connectivity index (χ0v) is 17.5. The summed E-state index contributed by atoms with van der Waals surface area (Å²) >= 11 is 0. The van der Waals surface area contributed by atoms with Crippen LogP contribution in [0.4, 0.5) is 0 Å². The van der Waals surface area contributed by atoms with E-state index in [1.165, 1.54) is 11.8 Å². The van der Waals surface area contributed by atoms with Gasteiger partial charge in [0.15, 0.2) is 11.5 Å². The number of nitrogens with one attached hydrogen (secondary N) is 1. The molecular formula is C25H27N3O3. The highest BCUT2D eigenvalue weighted by Crippen LogP contribution is 2.30. The van der Waals surface area contributed by atoms with Crippen LogP contribution in [0.3, 0.4) is 0 Å². The van der Waals surface area contributed by atoms with E-state index in [9.17, 15) is 10.1 Å². The topological polar surface area (TPSA) is 74.6 Å². The summed E-state index contributed by atoms with van der Waals surface area (Å²) in [7, 11) is 0. The molecule has 160 valence electrons. The highest BCUT2D eigenvalue weighted by Gasteiger charge is 2.25. The van der Waals surface area contributed by atoms with E-state index in [1.807, 2.05) is 36.4 Å². The van der Waals surface area contributed by atoms with Crippen molar-refractivity contribution < 1.29 is 14.3 Å². The SMILES string of the molecule is N#C/C(=C/NCC1COc2ccccc2O1)C(=O)N1CCC(Cc2ccccc2)CC1. The molecule has 0 aliphatic carbocycles. The van der Waals surface area contributed by atoms with Crippen LogP contribution in [0, 0.1) is 17.2 Å². The fourth-order valence-electron chi connectivity index (χ4n) is 4.06. The second kappa shape index (κ2) is 10.0. The third-order valence-electron chi connectivity index (χ3n) is 5.78. The van der Waals surface area contributed by atoms with Crippen LogP contribution in [0.25, 0.3) is 0 Å². The molecule has 6 heteroatoms. The van der Waals surface area contributed by atoms with E-state index in [4.69, 9.17) is 9.47 Å². The first-order chi connectivity index (χ1) is 15.2. The predicted molar refractivity (Wildman–Crippen MR) is 118 cm³/mol. The molecule has 1 amide bonds. The van der Waals surface area contributed by atoms with Crippen molar-refractivity contribution in [3.05, 3.63) is 71.9 Å². The van der Waals surface area contributed by atoms with Crippen molar-refractivity contribution in [1.29, 1.82) is 5.26 Å². The molecule has 1 N–H and O–H groups in total. The second-order valence-electron chi connectivity index (χ2n) is 8.00. The summed E-state index contributed by atoms with van der Waals surface area (Å²) in [5, 5.41) is 12.5. The van der Waals surface area contributed by atoms with Gasteiger partial charge in [-0.2, -0.15) is 5.26 Å². The summed E-state index contributed by atoms with van der Waals surface area (Å²) in [4.78, 5) is 14.6. The van der Waals surface area contributed by atoms with Crippen LogP contribution in [0.1, 0.15) is 18.4 Å². The summed E-state index contributed by atoms with van der Waals surface area (Å²) in [5.74, 6) is 1.81. The van der Waals surface area contributed by atoms with E-state index in [0.717, 1.165) is 25.0 Å². The normalized spacial score (nSPS) is 18.9. The minimum absolute atomic E-state index is 0.124. The lowest BCUT2D eigenvalue weighted by molar-refractivity contribution is -0.128. The fourth-order valence-corrected chi connectivity index (χ4v) is 4.06. The average molecular weight is 418 g/mol. The number of piperidine rings is 1. The van der Waals surface area contributed by atoms with E-state index in [1.54, 1.807) is 4.90 Å². The maximum Gasteiger partial charge on any atom is 0.265 e. The Balaban J connectivity index is 1.25. The van der Waals surface area contributed by atoms with E-state index < -0.39 is 0 Å². The summed E-state index contributed by atoms with van der Waals surface area (Å²) in [6.45, 7) is 2.24. The number of fused-ring (bicyclic) bond motifs is 1. The lowest BCUT2D eigenvalue weighted by Gasteiger charge is -2.32. The molecule has 2 aromatic rings. The van der Waals surface area contributed by atoms with Crippen molar-refractivity contribution in [2.45, 2.75) is 25.4 Å². The van der Waals surface area contributed by atoms with Gasteiger partial charge in [-0.3, -0.25) is 4.79 Å². The van der Waals surface area contributed by atoms with Gasteiger partial charge >= 0.3 is 0 Å². The molecule has 6 nitrogen and oxygen atoms in total. The molecule has 2 aliphatic heterocycles. The van der Waals surface area contributed by atoms with Crippen LogP contribution in [0.15, 0.2) is 66.4 Å². The Morgan fingerprint density at radius 1 is 1.10 bits per heavy atom. The summed E-state index contributed by atoms with van der Waals surface area (Å²) in [6.07, 6.45) is 4.27. The van der Waals surface area contributed by atoms with Gasteiger partial charge in [-0.15, -0.1) is 0 Å². The number of hydrogen-bond donors (Lipinski definition) is 1. The van der Waals surface area contributed by atoms with E-state index >= 15 is 0 Å². The molecule has 4 rings (SSSR count). The molecule has 1 atom stereocenters. The minimum Gasteiger partial charge on any atom is -0.486 e. The molecule has 0 bridgehead atoms. The number of hydrogen-bond acceptors (Lipinski definition) is 5. The third kappa shape index (κ3) is 5.37. The van der Waals surface area contributed by atoms with Crippen molar-refractivity contribution in [3.63, 3.8) is 0 Å². The van der Waals surface area contributed by atoms with Gasteiger partial charge in [0.2, 0.25) is 0 Å². The molecule has 0 spiro atoms. The summed E-state index contributed by atoms with van der Waals surface area (Å²) in [5.41, 5.74) is 1.46. The first-order valence-corrected chi connectivity index (χ1v) is 10.8. The average Bonchev–Trinajstić information content (AvgIpc) is 2.82. The molecule has 1 unspecified atom stereocenters. The first kappa shape index (κ1) is 20.8. The number of benzene rings is 2. The number of likely N-dealkylation sites (tertiary alicyclic amines) is 1. The highest BCUT2D eigenvalue weighted by atomic mass is 16.6. The molecule has 2 heterocycles. The number of rotatable bonds is 6. The van der Waals surface area contributed by atoms with Gasteiger partial charge in [0.05, 0.1) is 6.54 Å². The number of amides is 1. The van der Waals surface area contributed by atoms with Crippen LogP contribution in [-0.2, 0) is 11.2 Å². The number of carbonyl (C=O) groups is 1. The number of ether oxygens (including phenoxy) is 2. The minimum atomic E-state index is -0.209. The zero-order chi connectivity index (χ0) is 21.5. The molecule has 1 saturated heterocycles. The maximum absolute atomic E-state index is 12.8. The maximum atomic E-state index is 12.8. The van der Waals surface area contributed by atoms with Crippen LogP contribution >= 0.6 is 0 Å². The monoisotopic (exact) mass is 417 g/mol. The Morgan fingerprint density at radius 2 is 1.81 bits per heavy atom. The van der Waals surface area contributed by atoms with Crippen LogP contribution in [0.2, 0.25) is 0 Å². The molecule has 0 radical (unpaired) electrons. The van der Waals surface area contributed by atoms with E-state index in [2.05, 4.69) is 29.6 Å². The van der Waals surface area contributed by atoms with E-state index in [0.29, 0.717) is 37.9 Å². The van der Waals surface area contributed by atoms with Crippen molar-refractivity contribution in [2.75, 3.05) is 26.2 Å². The molecule has 2 aromatic carbocycles. The van der Waals surface area contributed by atoms with Gasteiger partial charge < -0.3 is 19.7 Å². The van der Waals surface area contributed by atoms with Crippen molar-refractivity contribution in [2.24, 2.45) is 5.92 Å². The Bertz CT molecular complexity index is 959. The fraction of sp³-hybridized carbons (Fsp3) is 0.360. The standard InChI is InChI=1S/C25H27N3O3/c26-15-21(16-27-17-22-18-30-23-8-4-5-9-24(23)31-22)25(29)28-12-10-20(11-13-28)14-19-6-2-1-3-7-19/h1-9,16,20,22,27H,10-14,17-18H2/b21-16-. The molecular weight excluding hydrogens is 390 g/mol. The number of nitriles is 1. The quantitative estimate of drug-likeness (QED) is 0.577. The zero-order valence-electron chi connectivity index (χ0n) is 17.5. The van der Waals surface area contributed by atoms with Crippen LogP contribution in [0.5, 0.6) is 11.5 Å². The summed E-state index contributed by atoms with van der Waals surface area (Å²) in [6, 6.07) is 20.0. The largest absolute Gasteiger partial charge is 0.486 e. The van der Waals surface area contributed by atoms with E-state index in [-0.39, 0.29) is 17.6 Å². The van der Waals surface area contributed by atoms with Gasteiger partial charge in [-0.1, -0.05) is 42.5 Å². The second-order valence-corrected chi connectivity index (χ2v) is 8.00. The number of carbonyl (C=O) groups excluding carboxylic acids is 1. The highest BCUT2D eigenvalue weighted by molar-refractivity contribution is 5.97. The lowest BCUT2D eigenvalue weighted by Crippen LogP contribution is -2.40. The Hall–Kier alpha value is -3.46. The van der Waals surface area contributed by atoms with Gasteiger partial charge in [-0.05, 0) is 42.9 Å². The number of para-hydroxylation sites is 2. The third-order valence-corrected chi connectivity index (χ3v) is 5.78.